The van der Waals surface area contributed by atoms with Crippen LogP contribution in [-0.2, 0) is 15.8 Å². The molecule has 0 aliphatic carbocycles. The first-order valence-corrected chi connectivity index (χ1v) is 11.3. The minimum absolute atomic E-state index is 0.0200. The number of allylic oxidation sites excluding steroid dienone is 2. The van der Waals surface area contributed by atoms with Crippen LogP contribution in [0.2, 0.25) is 0 Å². The maximum Gasteiger partial charge on any atom is 0.416 e. The zero-order valence-corrected chi connectivity index (χ0v) is 20.2. The summed E-state index contributed by atoms with van der Waals surface area (Å²) in [5.74, 6) is -0.747. The van der Waals surface area contributed by atoms with E-state index in [-0.39, 0.29) is 41.9 Å². The molecule has 0 spiro atoms. The molecule has 1 aromatic heterocycles. The lowest BCUT2D eigenvalue weighted by Crippen LogP contribution is -2.30. The van der Waals surface area contributed by atoms with Crippen molar-refractivity contribution in [1.82, 2.24) is 14.8 Å². The number of nitrogens with zero attached hydrogens (tertiary/aromatic N) is 6. The summed E-state index contributed by atoms with van der Waals surface area (Å²) >= 11 is 0. The molecule has 0 radical (unpaired) electrons. The lowest BCUT2D eigenvalue weighted by molar-refractivity contribution is -0.137. The Hall–Kier alpha value is -4.97. The molecule has 0 fully saturated rings. The van der Waals surface area contributed by atoms with Crippen molar-refractivity contribution < 1.29 is 22.8 Å². The van der Waals surface area contributed by atoms with Crippen LogP contribution in [0.4, 0.5) is 30.8 Å². The van der Waals surface area contributed by atoms with Gasteiger partial charge in [0, 0.05) is 24.2 Å². The van der Waals surface area contributed by atoms with Crippen LogP contribution in [0.1, 0.15) is 49.4 Å². The first-order valence-electron chi connectivity index (χ1n) is 11.3. The highest BCUT2D eigenvalue weighted by molar-refractivity contribution is 5.92. The van der Waals surface area contributed by atoms with Gasteiger partial charge in [0.25, 0.3) is 5.95 Å². The van der Waals surface area contributed by atoms with Crippen LogP contribution < -0.4 is 10.2 Å². The standard InChI is InChI=1S/C26H20F3N7O2/c1-15(37)7-12-21(38)32-24-33-25-35(20-6-4-5-19(13-20)26(27,28)29)16(2)22(31-3)23(36(25)34-24)18-10-8-17(14-30)9-11-18/h4-6,8-11,13,23H,7,12H2,1-2H3,(H,32,34,38)/t23-/m1/s1. The quantitative estimate of drug-likeness (QED) is 0.439. The molecule has 2 aromatic carbocycles. The van der Waals surface area contributed by atoms with Gasteiger partial charge in [-0.1, -0.05) is 18.2 Å². The summed E-state index contributed by atoms with van der Waals surface area (Å²) in [4.78, 5) is 33.1. The third-order valence-electron chi connectivity index (χ3n) is 5.89. The molecule has 1 aliphatic heterocycles. The summed E-state index contributed by atoms with van der Waals surface area (Å²) in [5, 5.41) is 16.1. The van der Waals surface area contributed by atoms with Gasteiger partial charge in [-0.3, -0.25) is 15.0 Å². The van der Waals surface area contributed by atoms with E-state index in [1.54, 1.807) is 31.2 Å². The molecular formula is C26H20F3N7O2. The van der Waals surface area contributed by atoms with E-state index in [1.807, 2.05) is 6.07 Å². The molecule has 38 heavy (non-hydrogen) atoms. The number of rotatable bonds is 6. The molecule has 2 heterocycles. The third kappa shape index (κ3) is 5.11. The Balaban J connectivity index is 1.87. The molecule has 1 N–H and O–H groups in total. The molecule has 1 aliphatic rings. The van der Waals surface area contributed by atoms with Crippen molar-refractivity contribution in [2.45, 2.75) is 38.9 Å². The molecule has 1 amide bonds. The smallest absolute Gasteiger partial charge is 0.300 e. The number of carbonyl (C=O) groups excluding carboxylic acids is 2. The largest absolute Gasteiger partial charge is 0.416 e. The molecule has 12 heteroatoms. The molecule has 3 aromatic rings. The number of alkyl halides is 3. The van der Waals surface area contributed by atoms with Gasteiger partial charge in [0.15, 0.2) is 0 Å². The number of nitrogens with one attached hydrogen (secondary N) is 1. The second kappa shape index (κ2) is 10.2. The number of hydrogen-bond acceptors (Lipinski definition) is 6. The molecular weight excluding hydrogens is 499 g/mol. The maximum absolute atomic E-state index is 13.5. The Kier molecular flexibility index (Phi) is 7.00. The van der Waals surface area contributed by atoms with Gasteiger partial charge in [0.05, 0.1) is 23.8 Å². The predicted molar refractivity (Wildman–Crippen MR) is 131 cm³/mol. The Morgan fingerprint density at radius 2 is 1.89 bits per heavy atom. The fourth-order valence-electron chi connectivity index (χ4n) is 4.06. The summed E-state index contributed by atoms with van der Waals surface area (Å²) in [6, 6.07) is 12.2. The number of ketones is 1. The van der Waals surface area contributed by atoms with Gasteiger partial charge in [-0.05, 0) is 49.7 Å². The van der Waals surface area contributed by atoms with Crippen LogP contribution in [0.15, 0.2) is 59.9 Å². The molecule has 9 nitrogen and oxygen atoms in total. The van der Waals surface area contributed by atoms with Gasteiger partial charge < -0.3 is 4.79 Å². The van der Waals surface area contributed by atoms with Crippen molar-refractivity contribution in [3.63, 3.8) is 0 Å². The predicted octanol–water partition coefficient (Wildman–Crippen LogP) is 5.37. The van der Waals surface area contributed by atoms with Gasteiger partial charge in [-0.15, -0.1) is 5.10 Å². The number of nitriles is 1. The van der Waals surface area contributed by atoms with Crippen LogP contribution in [-0.4, -0.2) is 26.5 Å². The number of fused-ring (bicyclic) bond motifs is 1. The number of hydrogen-bond donors (Lipinski definition) is 1. The minimum Gasteiger partial charge on any atom is -0.300 e. The van der Waals surface area contributed by atoms with Crippen molar-refractivity contribution in [3.8, 4) is 6.07 Å². The highest BCUT2D eigenvalue weighted by Crippen LogP contribution is 2.44. The Labute approximate surface area is 215 Å². The van der Waals surface area contributed by atoms with Crippen molar-refractivity contribution in [1.29, 1.82) is 5.26 Å². The first kappa shape index (κ1) is 26.1. The number of amides is 1. The van der Waals surface area contributed by atoms with E-state index in [9.17, 15) is 22.8 Å². The highest BCUT2D eigenvalue weighted by Gasteiger charge is 2.38. The summed E-state index contributed by atoms with van der Waals surface area (Å²) in [7, 11) is 0. The molecule has 0 bridgehead atoms. The van der Waals surface area contributed by atoms with E-state index in [0.29, 0.717) is 16.8 Å². The van der Waals surface area contributed by atoms with Crippen LogP contribution in [0.5, 0.6) is 0 Å². The molecule has 1 atom stereocenters. The molecule has 0 saturated heterocycles. The SMILES string of the molecule is [C-]#[N+]C1=C(C)N(c2cccc(C(F)(F)F)c2)c2nc(NC(=O)CCC(C)=O)nn2[C@@H]1c1ccc(C#N)cc1. The summed E-state index contributed by atoms with van der Waals surface area (Å²) in [5.41, 5.74) is 0.683. The first-order chi connectivity index (χ1) is 18.0. The van der Waals surface area contributed by atoms with Gasteiger partial charge in [0.2, 0.25) is 17.6 Å². The van der Waals surface area contributed by atoms with E-state index >= 15 is 0 Å². The van der Waals surface area contributed by atoms with Gasteiger partial charge in [0.1, 0.15) is 11.8 Å². The monoisotopic (exact) mass is 519 g/mol. The topological polar surface area (TPSA) is 108 Å². The average molecular weight is 519 g/mol. The summed E-state index contributed by atoms with van der Waals surface area (Å²) in [6.07, 6.45) is -4.67. The number of anilines is 3. The Bertz CT molecular complexity index is 1530. The number of Topliss-reactive ketones (excluding diaryl/α,β-unsaturated/α-hetero) is 1. The molecule has 4 rings (SSSR count). The van der Waals surface area contributed by atoms with Crippen LogP contribution in [0.3, 0.4) is 0 Å². The zero-order valence-electron chi connectivity index (χ0n) is 20.2. The van der Waals surface area contributed by atoms with E-state index in [0.717, 1.165) is 12.1 Å². The van der Waals surface area contributed by atoms with Crippen molar-refractivity contribution >= 4 is 29.3 Å². The lowest BCUT2D eigenvalue weighted by atomic mass is 9.99. The summed E-state index contributed by atoms with van der Waals surface area (Å²) < 4.78 is 41.8. The Morgan fingerprint density at radius 1 is 1.18 bits per heavy atom. The fourth-order valence-corrected chi connectivity index (χ4v) is 4.06. The number of carbonyl (C=O) groups is 2. The fraction of sp³-hybridized carbons (Fsp3) is 0.231. The van der Waals surface area contributed by atoms with Crippen LogP contribution >= 0.6 is 0 Å². The Morgan fingerprint density at radius 3 is 2.50 bits per heavy atom. The maximum atomic E-state index is 13.5. The van der Waals surface area contributed by atoms with Crippen molar-refractivity contribution in [2.75, 3.05) is 10.2 Å². The number of aromatic nitrogens is 3. The highest BCUT2D eigenvalue weighted by atomic mass is 19.4. The van der Waals surface area contributed by atoms with E-state index in [1.165, 1.54) is 28.6 Å². The van der Waals surface area contributed by atoms with Crippen molar-refractivity contribution in [2.24, 2.45) is 0 Å². The van der Waals surface area contributed by atoms with Gasteiger partial charge >= 0.3 is 6.18 Å². The van der Waals surface area contributed by atoms with E-state index in [2.05, 4.69) is 20.2 Å². The molecule has 0 saturated carbocycles. The van der Waals surface area contributed by atoms with E-state index in [4.69, 9.17) is 11.8 Å². The molecule has 192 valence electrons. The normalized spacial score (nSPS) is 14.9. The van der Waals surface area contributed by atoms with Crippen LogP contribution in [0.25, 0.3) is 4.85 Å². The average Bonchev–Trinajstić information content (AvgIpc) is 3.28. The number of benzene rings is 2. The zero-order chi connectivity index (χ0) is 27.6. The minimum atomic E-state index is -4.60. The second-order valence-corrected chi connectivity index (χ2v) is 8.53. The van der Waals surface area contributed by atoms with Gasteiger partial charge in [-0.25, -0.2) is 9.53 Å². The van der Waals surface area contributed by atoms with Crippen molar-refractivity contribution in [3.05, 3.63) is 88.0 Å². The van der Waals surface area contributed by atoms with Crippen LogP contribution in [0, 0.1) is 17.9 Å². The lowest BCUT2D eigenvalue weighted by Gasteiger charge is -2.34. The number of halogens is 3. The summed E-state index contributed by atoms with van der Waals surface area (Å²) in [6.45, 7) is 10.8. The third-order valence-corrected chi connectivity index (χ3v) is 5.89. The van der Waals surface area contributed by atoms with E-state index < -0.39 is 23.7 Å². The second-order valence-electron chi connectivity index (χ2n) is 8.53. The van der Waals surface area contributed by atoms with Gasteiger partial charge in [-0.2, -0.15) is 23.4 Å². The molecule has 0 unspecified atom stereocenters.